The number of carbonyl (C=O) groups is 1. The van der Waals surface area contributed by atoms with Crippen LogP contribution in [-0.2, 0) is 19.6 Å². The SMILES string of the molecule is C#Cc1ccc(S(=O)(=O)N[C@H](C(=O)OC)C(C)C)cc1. The number of nitrogens with one attached hydrogen (secondary N) is 1. The molecule has 0 bridgehead atoms. The third-order valence-electron chi connectivity index (χ3n) is 2.74. The molecule has 1 rings (SSSR count). The van der Waals surface area contributed by atoms with Gasteiger partial charge in [-0.3, -0.25) is 4.79 Å². The predicted octanol–water partition coefficient (Wildman–Crippen LogP) is 1.14. The van der Waals surface area contributed by atoms with E-state index in [1.54, 1.807) is 13.8 Å². The average molecular weight is 295 g/mol. The Morgan fingerprint density at radius 3 is 2.25 bits per heavy atom. The lowest BCUT2D eigenvalue weighted by Gasteiger charge is -2.19. The van der Waals surface area contributed by atoms with Gasteiger partial charge in [0.15, 0.2) is 0 Å². The second kappa shape index (κ2) is 6.55. The number of sulfonamides is 1. The molecule has 1 aromatic carbocycles. The van der Waals surface area contributed by atoms with Crippen LogP contribution in [0.15, 0.2) is 29.2 Å². The normalized spacial score (nSPS) is 12.8. The highest BCUT2D eigenvalue weighted by Gasteiger charge is 2.28. The van der Waals surface area contributed by atoms with Crippen molar-refractivity contribution in [1.82, 2.24) is 4.72 Å². The Kier molecular flexibility index (Phi) is 5.31. The highest BCUT2D eigenvalue weighted by molar-refractivity contribution is 7.89. The smallest absolute Gasteiger partial charge is 0.324 e. The van der Waals surface area contributed by atoms with Gasteiger partial charge in [0, 0.05) is 5.56 Å². The molecule has 0 saturated carbocycles. The van der Waals surface area contributed by atoms with Crippen LogP contribution < -0.4 is 4.72 Å². The summed E-state index contributed by atoms with van der Waals surface area (Å²) in [6, 6.07) is 4.91. The first-order chi connectivity index (χ1) is 9.31. The summed E-state index contributed by atoms with van der Waals surface area (Å²) >= 11 is 0. The number of carbonyl (C=O) groups excluding carboxylic acids is 1. The van der Waals surface area contributed by atoms with Crippen LogP contribution in [0.1, 0.15) is 19.4 Å². The Morgan fingerprint density at radius 2 is 1.85 bits per heavy atom. The fourth-order valence-electron chi connectivity index (χ4n) is 1.55. The second-order valence-corrected chi connectivity index (χ2v) is 6.25. The van der Waals surface area contributed by atoms with E-state index in [1.807, 2.05) is 0 Å². The molecule has 0 amide bonds. The lowest BCUT2D eigenvalue weighted by Crippen LogP contribution is -2.44. The van der Waals surface area contributed by atoms with Gasteiger partial charge in [0.05, 0.1) is 12.0 Å². The van der Waals surface area contributed by atoms with Crippen molar-refractivity contribution >= 4 is 16.0 Å². The fourth-order valence-corrected chi connectivity index (χ4v) is 2.88. The van der Waals surface area contributed by atoms with E-state index in [1.165, 1.54) is 31.4 Å². The zero-order chi connectivity index (χ0) is 15.3. The molecule has 0 aliphatic carbocycles. The van der Waals surface area contributed by atoms with Gasteiger partial charge in [-0.1, -0.05) is 19.8 Å². The minimum Gasteiger partial charge on any atom is -0.468 e. The fraction of sp³-hybridized carbons (Fsp3) is 0.357. The van der Waals surface area contributed by atoms with Crippen molar-refractivity contribution in [3.05, 3.63) is 29.8 Å². The van der Waals surface area contributed by atoms with Gasteiger partial charge in [-0.05, 0) is 30.2 Å². The standard InChI is InChI=1S/C14H17NO4S/c1-5-11-6-8-12(9-7-11)20(17,18)15-13(10(2)3)14(16)19-4/h1,6-10,13,15H,2-4H3/t13-/m0/s1. The molecule has 1 atom stereocenters. The molecule has 5 nitrogen and oxygen atoms in total. The van der Waals surface area contributed by atoms with Crippen LogP contribution in [-0.4, -0.2) is 27.5 Å². The number of hydrogen-bond donors (Lipinski definition) is 1. The van der Waals surface area contributed by atoms with Crippen LogP contribution in [0.5, 0.6) is 0 Å². The molecule has 20 heavy (non-hydrogen) atoms. The highest BCUT2D eigenvalue weighted by atomic mass is 32.2. The molecule has 0 radical (unpaired) electrons. The van der Waals surface area contributed by atoms with Gasteiger partial charge in [-0.15, -0.1) is 6.42 Å². The van der Waals surface area contributed by atoms with E-state index in [2.05, 4.69) is 15.4 Å². The topological polar surface area (TPSA) is 72.5 Å². The van der Waals surface area contributed by atoms with E-state index in [-0.39, 0.29) is 10.8 Å². The first kappa shape index (κ1) is 16.2. The first-order valence-corrected chi connectivity index (χ1v) is 7.47. The number of methoxy groups -OCH3 is 1. The number of rotatable bonds is 5. The molecule has 1 N–H and O–H groups in total. The van der Waals surface area contributed by atoms with Gasteiger partial charge in [0.2, 0.25) is 10.0 Å². The maximum absolute atomic E-state index is 12.2. The zero-order valence-corrected chi connectivity index (χ0v) is 12.4. The van der Waals surface area contributed by atoms with Gasteiger partial charge in [-0.2, -0.15) is 4.72 Å². The third kappa shape index (κ3) is 3.83. The summed E-state index contributed by atoms with van der Waals surface area (Å²) in [5.41, 5.74) is 0.581. The predicted molar refractivity (Wildman–Crippen MR) is 75.3 cm³/mol. The van der Waals surface area contributed by atoms with E-state index in [4.69, 9.17) is 6.42 Å². The maximum Gasteiger partial charge on any atom is 0.324 e. The Bertz CT molecular complexity index is 612. The molecule has 0 aliphatic rings. The molecule has 0 fully saturated rings. The number of benzene rings is 1. The van der Waals surface area contributed by atoms with Crippen molar-refractivity contribution in [1.29, 1.82) is 0 Å². The molecular weight excluding hydrogens is 278 g/mol. The van der Waals surface area contributed by atoms with Crippen molar-refractivity contribution in [2.75, 3.05) is 7.11 Å². The number of terminal acetylenes is 1. The maximum atomic E-state index is 12.2. The van der Waals surface area contributed by atoms with E-state index in [0.29, 0.717) is 5.56 Å². The van der Waals surface area contributed by atoms with Gasteiger partial charge >= 0.3 is 5.97 Å². The number of ether oxygens (including phenoxy) is 1. The Labute approximate surface area is 119 Å². The monoisotopic (exact) mass is 295 g/mol. The van der Waals surface area contributed by atoms with E-state index in [9.17, 15) is 13.2 Å². The van der Waals surface area contributed by atoms with Crippen molar-refractivity contribution in [2.45, 2.75) is 24.8 Å². The summed E-state index contributed by atoms with van der Waals surface area (Å²) in [6.07, 6.45) is 5.21. The van der Waals surface area contributed by atoms with Crippen LogP contribution >= 0.6 is 0 Å². The van der Waals surface area contributed by atoms with Crippen molar-refractivity contribution in [3.63, 3.8) is 0 Å². The number of esters is 1. The molecule has 0 aromatic heterocycles. The molecule has 1 aromatic rings. The molecule has 6 heteroatoms. The summed E-state index contributed by atoms with van der Waals surface area (Å²) in [5.74, 6) is 1.55. The van der Waals surface area contributed by atoms with Crippen LogP contribution in [0, 0.1) is 18.3 Å². The zero-order valence-electron chi connectivity index (χ0n) is 11.6. The minimum absolute atomic E-state index is 0.0473. The third-order valence-corrected chi connectivity index (χ3v) is 4.19. The molecule has 0 aliphatic heterocycles. The summed E-state index contributed by atoms with van der Waals surface area (Å²) in [4.78, 5) is 11.6. The summed E-state index contributed by atoms with van der Waals surface area (Å²) < 4.78 is 31.3. The molecule has 108 valence electrons. The summed E-state index contributed by atoms with van der Waals surface area (Å²) in [5, 5.41) is 0. The van der Waals surface area contributed by atoms with E-state index in [0.717, 1.165) is 0 Å². The highest BCUT2D eigenvalue weighted by Crippen LogP contribution is 2.13. The molecule has 0 spiro atoms. The molecular formula is C14H17NO4S. The van der Waals surface area contributed by atoms with E-state index >= 15 is 0 Å². The van der Waals surface area contributed by atoms with Gasteiger partial charge in [0.1, 0.15) is 6.04 Å². The lowest BCUT2D eigenvalue weighted by molar-refractivity contribution is -0.143. The van der Waals surface area contributed by atoms with Crippen molar-refractivity contribution in [3.8, 4) is 12.3 Å². The van der Waals surface area contributed by atoms with Crippen molar-refractivity contribution in [2.24, 2.45) is 5.92 Å². The number of hydrogen-bond acceptors (Lipinski definition) is 4. The summed E-state index contributed by atoms with van der Waals surface area (Å²) in [6.45, 7) is 3.46. The van der Waals surface area contributed by atoms with E-state index < -0.39 is 22.0 Å². The van der Waals surface area contributed by atoms with Crippen LogP contribution in [0.4, 0.5) is 0 Å². The Balaban J connectivity index is 3.03. The molecule has 0 heterocycles. The van der Waals surface area contributed by atoms with Crippen LogP contribution in [0.2, 0.25) is 0 Å². The average Bonchev–Trinajstić information content (AvgIpc) is 2.43. The van der Waals surface area contributed by atoms with Gasteiger partial charge < -0.3 is 4.74 Å². The van der Waals surface area contributed by atoms with Crippen molar-refractivity contribution < 1.29 is 17.9 Å². The van der Waals surface area contributed by atoms with Crippen LogP contribution in [0.25, 0.3) is 0 Å². The second-order valence-electron chi connectivity index (χ2n) is 4.53. The Morgan fingerprint density at radius 1 is 1.30 bits per heavy atom. The van der Waals surface area contributed by atoms with Crippen LogP contribution in [0.3, 0.4) is 0 Å². The lowest BCUT2D eigenvalue weighted by atomic mass is 10.1. The molecule has 0 unspecified atom stereocenters. The molecule has 0 saturated heterocycles. The summed E-state index contributed by atoms with van der Waals surface area (Å²) in [7, 11) is -2.59. The Hall–Kier alpha value is -1.84. The largest absolute Gasteiger partial charge is 0.468 e. The van der Waals surface area contributed by atoms with Gasteiger partial charge in [0.25, 0.3) is 0 Å². The quantitative estimate of drug-likeness (QED) is 0.653. The minimum atomic E-state index is -3.80. The first-order valence-electron chi connectivity index (χ1n) is 5.98. The van der Waals surface area contributed by atoms with Gasteiger partial charge in [-0.25, -0.2) is 8.42 Å².